The average molecular weight is 649 g/mol. The molecule has 0 saturated heterocycles. The van der Waals surface area contributed by atoms with Crippen LogP contribution in [0.1, 0.15) is 37.9 Å². The first kappa shape index (κ1) is 29.4. The van der Waals surface area contributed by atoms with Gasteiger partial charge in [0.1, 0.15) is 0 Å². The number of fused-ring (bicyclic) bond motifs is 3. The minimum absolute atomic E-state index is 0. The Morgan fingerprint density at radius 3 is 1.56 bits per heavy atom. The normalized spacial score (nSPS) is 13.0. The van der Waals surface area contributed by atoms with Crippen LogP contribution in [0.5, 0.6) is 0 Å². The Morgan fingerprint density at radius 2 is 1.02 bits per heavy atom. The van der Waals surface area contributed by atoms with Gasteiger partial charge in [-0.05, 0) is 0 Å². The van der Waals surface area contributed by atoms with E-state index in [0.717, 1.165) is 12.8 Å². The Labute approximate surface area is 263 Å². The molecule has 0 spiro atoms. The molecule has 0 radical (unpaired) electrons. The summed E-state index contributed by atoms with van der Waals surface area (Å²) in [5, 5.41) is 0. The fourth-order valence-electron chi connectivity index (χ4n) is 6.37. The number of allylic oxidation sites excluding steroid dienone is 4. The van der Waals surface area contributed by atoms with Crippen molar-refractivity contribution in [2.24, 2.45) is 0 Å². The van der Waals surface area contributed by atoms with Crippen molar-refractivity contribution in [2.45, 2.75) is 16.5 Å². The summed E-state index contributed by atoms with van der Waals surface area (Å²) in [6, 6.07) is 51.7. The summed E-state index contributed by atoms with van der Waals surface area (Å²) < 4.78 is 3.75. The van der Waals surface area contributed by atoms with E-state index >= 15 is 0 Å². The first-order valence-corrected chi connectivity index (χ1v) is 17.7. The van der Waals surface area contributed by atoms with Crippen LogP contribution in [0, 0.1) is 0 Å². The van der Waals surface area contributed by atoms with E-state index in [0.29, 0.717) is 3.63 Å². The standard InChI is InChI=1S/C13H9.C13H10.C12H11.2ClH.Zr/c1-3-7-12-10(5-1)9-11-6-2-4-8-13(11)12;1-3-7-12(8-4-1)11-13-9-5-2-6-10-13;1-2-6-11(7-3-1)10-12-8-4-5-9-12;;;/h1-9H;1-10H;1-3,6-9H,4,10H2;2*1H;/q;;;;;+2/p-2. The van der Waals surface area contributed by atoms with Gasteiger partial charge in [0.2, 0.25) is 0 Å². The SMILES string of the molecule is C1=C(Cc2ccccc2)C=[C]([Zr+2](=[C](c2ccccc2)c2ccccc2)[CH]2c3ccccc3-c3ccccc32)C1.[Cl-].[Cl-]. The number of benzene rings is 5. The van der Waals surface area contributed by atoms with Crippen LogP contribution in [-0.2, 0) is 27.7 Å². The molecule has 7 rings (SSSR count). The molecule has 0 atom stereocenters. The zero-order valence-electron chi connectivity index (χ0n) is 22.7. The van der Waals surface area contributed by atoms with Crippen molar-refractivity contribution in [1.82, 2.24) is 0 Å². The quantitative estimate of drug-likeness (QED) is 0.266. The van der Waals surface area contributed by atoms with E-state index in [-0.39, 0.29) is 24.8 Å². The Bertz CT molecular complexity index is 1650. The van der Waals surface area contributed by atoms with Gasteiger partial charge in [0.05, 0.1) is 0 Å². The molecule has 0 aromatic heterocycles. The molecule has 5 aromatic carbocycles. The smallest absolute Gasteiger partial charge is 1.00 e. The van der Waals surface area contributed by atoms with Gasteiger partial charge in [0.15, 0.2) is 0 Å². The predicted octanol–water partition coefficient (Wildman–Crippen LogP) is 3.11. The van der Waals surface area contributed by atoms with Crippen LogP contribution in [0.15, 0.2) is 161 Å². The Balaban J connectivity index is 0.00000169. The monoisotopic (exact) mass is 646 g/mol. The fourth-order valence-corrected chi connectivity index (χ4v) is 15.5. The van der Waals surface area contributed by atoms with E-state index in [9.17, 15) is 0 Å². The van der Waals surface area contributed by atoms with Gasteiger partial charge in [-0.2, -0.15) is 0 Å². The molecule has 0 saturated carbocycles. The molecule has 0 fully saturated rings. The van der Waals surface area contributed by atoms with Crippen LogP contribution in [0.25, 0.3) is 11.1 Å². The molecule has 0 bridgehead atoms. The average Bonchev–Trinajstić information content (AvgIpc) is 3.60. The topological polar surface area (TPSA) is 0 Å². The third kappa shape index (κ3) is 5.82. The van der Waals surface area contributed by atoms with Crippen molar-refractivity contribution in [2.75, 3.05) is 0 Å². The van der Waals surface area contributed by atoms with Crippen LogP contribution in [0.3, 0.4) is 0 Å². The van der Waals surface area contributed by atoms with Gasteiger partial charge >= 0.3 is 240 Å². The first-order chi connectivity index (χ1) is 19.4. The first-order valence-electron chi connectivity index (χ1n) is 13.8. The van der Waals surface area contributed by atoms with E-state index in [1.807, 2.05) is 0 Å². The summed E-state index contributed by atoms with van der Waals surface area (Å²) >= 11 is -2.64. The number of hydrogen-bond acceptors (Lipinski definition) is 0. The number of rotatable bonds is 6. The van der Waals surface area contributed by atoms with Crippen LogP contribution in [0.2, 0.25) is 0 Å². The van der Waals surface area contributed by atoms with E-state index in [1.165, 1.54) is 44.5 Å². The molecule has 0 nitrogen and oxygen atoms in total. The molecular weight excluding hydrogens is 619 g/mol. The minimum atomic E-state index is -2.64. The maximum Gasteiger partial charge on any atom is -1.00 e. The third-order valence-corrected chi connectivity index (χ3v) is 16.3. The van der Waals surface area contributed by atoms with Crippen molar-refractivity contribution in [1.29, 1.82) is 0 Å². The molecule has 0 amide bonds. The molecule has 0 N–H and O–H groups in total. The van der Waals surface area contributed by atoms with Crippen molar-refractivity contribution in [3.8, 4) is 11.1 Å². The van der Waals surface area contributed by atoms with Gasteiger partial charge in [-0.3, -0.25) is 0 Å². The van der Waals surface area contributed by atoms with Crippen molar-refractivity contribution >= 4 is 3.21 Å². The van der Waals surface area contributed by atoms with E-state index in [2.05, 4.69) is 152 Å². The zero-order chi connectivity index (χ0) is 26.0. The molecule has 5 aromatic rings. The summed E-state index contributed by atoms with van der Waals surface area (Å²) in [4.78, 5) is 0. The molecule has 2 aliphatic carbocycles. The fraction of sp³-hybridized carbons (Fsp3) is 0.0789. The zero-order valence-corrected chi connectivity index (χ0v) is 26.7. The molecule has 0 unspecified atom stereocenters. The van der Waals surface area contributed by atoms with Gasteiger partial charge in [-0.1, -0.05) is 0 Å². The third-order valence-electron chi connectivity index (χ3n) is 8.06. The van der Waals surface area contributed by atoms with Gasteiger partial charge < -0.3 is 24.8 Å². The van der Waals surface area contributed by atoms with Crippen molar-refractivity contribution in [3.63, 3.8) is 0 Å². The Kier molecular flexibility index (Phi) is 9.51. The van der Waals surface area contributed by atoms with Gasteiger partial charge in [-0.25, -0.2) is 0 Å². The molecule has 0 aliphatic heterocycles. The second-order valence-electron chi connectivity index (χ2n) is 10.4. The molecular formula is C38H30Cl2Zr. The maximum atomic E-state index is 2.59. The second kappa shape index (κ2) is 13.3. The summed E-state index contributed by atoms with van der Waals surface area (Å²) in [6.45, 7) is 0. The minimum Gasteiger partial charge on any atom is -1.00 e. The number of halogens is 2. The predicted molar refractivity (Wildman–Crippen MR) is 161 cm³/mol. The van der Waals surface area contributed by atoms with Crippen LogP contribution in [-0.4, -0.2) is 3.21 Å². The van der Waals surface area contributed by atoms with Gasteiger partial charge in [0.25, 0.3) is 0 Å². The van der Waals surface area contributed by atoms with Crippen LogP contribution < -0.4 is 24.8 Å². The summed E-state index contributed by atoms with van der Waals surface area (Å²) in [6.07, 6.45) is 7.17. The van der Waals surface area contributed by atoms with E-state index in [1.54, 1.807) is 6.49 Å². The van der Waals surface area contributed by atoms with Crippen LogP contribution >= 0.6 is 0 Å². The van der Waals surface area contributed by atoms with Crippen LogP contribution in [0.4, 0.5) is 0 Å². The molecule has 200 valence electrons. The molecule has 2 aliphatic rings. The molecule has 41 heavy (non-hydrogen) atoms. The molecule has 3 heteroatoms. The second-order valence-corrected chi connectivity index (χ2v) is 16.7. The van der Waals surface area contributed by atoms with Gasteiger partial charge in [-0.15, -0.1) is 0 Å². The van der Waals surface area contributed by atoms with Crippen molar-refractivity contribution < 1.29 is 46.1 Å². The largest absolute Gasteiger partial charge is 1.00 e. The molecule has 0 heterocycles. The van der Waals surface area contributed by atoms with E-state index in [4.69, 9.17) is 0 Å². The van der Waals surface area contributed by atoms with Gasteiger partial charge in [0, 0.05) is 0 Å². The van der Waals surface area contributed by atoms with E-state index < -0.39 is 21.3 Å². The number of hydrogen-bond donors (Lipinski definition) is 0. The summed E-state index contributed by atoms with van der Waals surface area (Å²) in [5.41, 5.74) is 11.5. The summed E-state index contributed by atoms with van der Waals surface area (Å²) in [7, 11) is 0. The Hall–Kier alpha value is -3.09. The Morgan fingerprint density at radius 1 is 0.561 bits per heavy atom. The van der Waals surface area contributed by atoms with Crippen molar-refractivity contribution in [3.05, 3.63) is 188 Å². The summed E-state index contributed by atoms with van der Waals surface area (Å²) in [5.74, 6) is 0. The maximum absolute atomic E-state index is 2.64.